The second-order valence-corrected chi connectivity index (χ2v) is 9.48. The van der Waals surface area contributed by atoms with Gasteiger partial charge in [-0.05, 0) is 73.3 Å². The molecular formula is C27H44F3N7O2. The number of anilines is 2. The number of nitrogens with one attached hydrogen (secondary N) is 3. The van der Waals surface area contributed by atoms with E-state index in [0.717, 1.165) is 50.3 Å². The molecule has 2 heterocycles. The Balaban J connectivity index is 0.000000839. The Morgan fingerprint density at radius 3 is 2.31 bits per heavy atom. The summed E-state index contributed by atoms with van der Waals surface area (Å²) in [5.74, 6) is 1.37. The molecule has 0 radical (unpaired) electrons. The number of halogens is 3. The molecule has 12 heteroatoms. The minimum atomic E-state index is -0.706. The second-order valence-electron chi connectivity index (χ2n) is 9.48. The van der Waals surface area contributed by atoms with Crippen LogP contribution in [0.25, 0.3) is 0 Å². The molecule has 0 bridgehead atoms. The van der Waals surface area contributed by atoms with Crippen LogP contribution in [0, 0.1) is 5.92 Å². The number of allylic oxidation sites excluding steroid dienone is 4. The van der Waals surface area contributed by atoms with E-state index < -0.39 is 12.5 Å². The van der Waals surface area contributed by atoms with Crippen molar-refractivity contribution in [3.63, 3.8) is 0 Å². The fourth-order valence-corrected chi connectivity index (χ4v) is 4.10. The average molecular weight is 556 g/mol. The molecule has 9 nitrogen and oxygen atoms in total. The highest BCUT2D eigenvalue weighted by atomic mass is 19.1. The lowest BCUT2D eigenvalue weighted by molar-refractivity contribution is -0.125. The summed E-state index contributed by atoms with van der Waals surface area (Å²) < 4.78 is 36.0. The first kappa shape index (κ1) is 33.9. The molecule has 0 atom stereocenters. The summed E-state index contributed by atoms with van der Waals surface area (Å²) in [6, 6.07) is 0.318. The number of guanidine groups is 1. The number of aliphatic imine (C=N–C) groups is 1. The van der Waals surface area contributed by atoms with Crippen molar-refractivity contribution in [2.75, 3.05) is 30.5 Å². The number of rotatable bonds is 7. The van der Waals surface area contributed by atoms with E-state index in [9.17, 15) is 18.0 Å². The number of aliphatic hydroxyl groups is 1. The van der Waals surface area contributed by atoms with Gasteiger partial charge in [-0.1, -0.05) is 0 Å². The molecule has 1 saturated carbocycles. The summed E-state index contributed by atoms with van der Waals surface area (Å²) in [7, 11) is 1.00. The van der Waals surface area contributed by atoms with Gasteiger partial charge in [0.2, 0.25) is 17.8 Å². The fraction of sp³-hybridized carbons (Fsp3) is 0.630. The fourth-order valence-electron chi connectivity index (χ4n) is 4.10. The average Bonchev–Trinajstić information content (AvgIpc) is 2.90. The van der Waals surface area contributed by atoms with E-state index in [1.165, 1.54) is 13.8 Å². The van der Waals surface area contributed by atoms with Crippen LogP contribution < -0.4 is 20.9 Å². The molecule has 4 N–H and O–H groups in total. The second kappa shape index (κ2) is 17.4. The number of carbonyl (C=O) groups is 1. The van der Waals surface area contributed by atoms with Crippen molar-refractivity contribution in [2.24, 2.45) is 10.9 Å². The molecule has 0 saturated heterocycles. The largest absolute Gasteiger partial charge is 0.400 e. The van der Waals surface area contributed by atoms with Crippen LogP contribution in [-0.2, 0) is 11.3 Å². The van der Waals surface area contributed by atoms with Gasteiger partial charge in [0, 0.05) is 49.1 Å². The number of fused-ring (bicyclic) bond motifs is 1. The Kier molecular flexibility index (Phi) is 15.1. The molecule has 1 aromatic rings. The summed E-state index contributed by atoms with van der Waals surface area (Å²) >= 11 is 0. The van der Waals surface area contributed by atoms with Crippen molar-refractivity contribution in [1.29, 1.82) is 0 Å². The van der Waals surface area contributed by atoms with E-state index in [0.29, 0.717) is 30.7 Å². The molecule has 0 aromatic carbocycles. The number of amides is 1. The van der Waals surface area contributed by atoms with E-state index in [1.807, 2.05) is 27.0 Å². The summed E-state index contributed by atoms with van der Waals surface area (Å²) in [4.78, 5) is 28.2. The van der Waals surface area contributed by atoms with E-state index in [4.69, 9.17) is 10.1 Å². The van der Waals surface area contributed by atoms with E-state index >= 15 is 0 Å². The SMILES string of the molecule is C/C(F)=C\CF.CCNC(=O)C1CCC(N2C(N/C(C)=C(/C)F)=NCc3cnc(NC(C)C)nc32)CC1.CO. The van der Waals surface area contributed by atoms with Gasteiger partial charge in [0.05, 0.1) is 12.4 Å². The van der Waals surface area contributed by atoms with Gasteiger partial charge < -0.3 is 21.1 Å². The molecule has 1 aliphatic heterocycles. The molecular weight excluding hydrogens is 511 g/mol. The summed E-state index contributed by atoms with van der Waals surface area (Å²) in [5, 5.41) is 16.3. The lowest BCUT2D eigenvalue weighted by Crippen LogP contribution is -2.51. The highest BCUT2D eigenvalue weighted by Gasteiger charge is 2.35. The van der Waals surface area contributed by atoms with Crippen molar-refractivity contribution < 1.29 is 23.1 Å². The third-order valence-corrected chi connectivity index (χ3v) is 6.07. The van der Waals surface area contributed by atoms with Gasteiger partial charge in [0.15, 0.2) is 0 Å². The number of nitrogens with zero attached hydrogens (tertiary/aromatic N) is 4. The zero-order valence-electron chi connectivity index (χ0n) is 24.1. The summed E-state index contributed by atoms with van der Waals surface area (Å²) in [5.41, 5.74) is 1.36. The van der Waals surface area contributed by atoms with Crippen LogP contribution in [0.1, 0.15) is 72.8 Å². The molecule has 1 amide bonds. The van der Waals surface area contributed by atoms with Gasteiger partial charge in [0.1, 0.15) is 18.3 Å². The summed E-state index contributed by atoms with van der Waals surface area (Å²) in [6.45, 7) is 10.7. The maximum absolute atomic E-state index is 13.8. The van der Waals surface area contributed by atoms with E-state index in [-0.39, 0.29) is 29.7 Å². The van der Waals surface area contributed by atoms with Crippen LogP contribution in [0.3, 0.4) is 0 Å². The van der Waals surface area contributed by atoms with Crippen molar-refractivity contribution in [1.82, 2.24) is 20.6 Å². The Bertz CT molecular complexity index is 999. The van der Waals surface area contributed by atoms with E-state index in [2.05, 4.69) is 30.8 Å². The highest BCUT2D eigenvalue weighted by Crippen LogP contribution is 2.34. The zero-order valence-corrected chi connectivity index (χ0v) is 24.1. The zero-order chi connectivity index (χ0) is 29.5. The molecule has 3 rings (SSSR count). The van der Waals surface area contributed by atoms with E-state index in [1.54, 1.807) is 6.92 Å². The van der Waals surface area contributed by atoms with Crippen LogP contribution in [-0.4, -0.2) is 59.4 Å². The van der Waals surface area contributed by atoms with Crippen LogP contribution >= 0.6 is 0 Å². The third-order valence-electron chi connectivity index (χ3n) is 6.07. The minimum Gasteiger partial charge on any atom is -0.400 e. The van der Waals surface area contributed by atoms with Gasteiger partial charge >= 0.3 is 0 Å². The van der Waals surface area contributed by atoms with Crippen LogP contribution in [0.15, 0.2) is 34.6 Å². The lowest BCUT2D eigenvalue weighted by atomic mass is 9.84. The van der Waals surface area contributed by atoms with Crippen LogP contribution in [0.2, 0.25) is 0 Å². The Labute approximate surface area is 230 Å². The molecule has 0 unspecified atom stereocenters. The predicted octanol–water partition coefficient (Wildman–Crippen LogP) is 4.92. The van der Waals surface area contributed by atoms with Crippen molar-refractivity contribution in [3.8, 4) is 0 Å². The number of aromatic nitrogens is 2. The number of aliphatic hydroxyl groups excluding tert-OH is 1. The topological polar surface area (TPSA) is 115 Å². The van der Waals surface area contributed by atoms with Crippen molar-refractivity contribution in [3.05, 3.63) is 35.2 Å². The van der Waals surface area contributed by atoms with Gasteiger partial charge in [-0.15, -0.1) is 0 Å². The lowest BCUT2D eigenvalue weighted by Gasteiger charge is -2.40. The monoisotopic (exact) mass is 555 g/mol. The smallest absolute Gasteiger partial charge is 0.224 e. The normalized spacial score (nSPS) is 19.3. The maximum atomic E-state index is 13.8. The van der Waals surface area contributed by atoms with Gasteiger partial charge in [-0.2, -0.15) is 4.98 Å². The Morgan fingerprint density at radius 1 is 1.18 bits per heavy atom. The van der Waals surface area contributed by atoms with Crippen LogP contribution in [0.5, 0.6) is 0 Å². The number of alkyl halides is 1. The van der Waals surface area contributed by atoms with Crippen molar-refractivity contribution in [2.45, 2.75) is 85.9 Å². The third kappa shape index (κ3) is 10.9. The van der Waals surface area contributed by atoms with Crippen LogP contribution in [0.4, 0.5) is 24.9 Å². The Hall–Kier alpha value is -3.15. The molecule has 1 fully saturated rings. The van der Waals surface area contributed by atoms with Gasteiger partial charge in [-0.3, -0.25) is 9.69 Å². The first-order chi connectivity index (χ1) is 18.6. The number of hydrogen-bond donors (Lipinski definition) is 4. The van der Waals surface area contributed by atoms with Crippen molar-refractivity contribution >= 4 is 23.6 Å². The summed E-state index contributed by atoms with van der Waals surface area (Å²) in [6.07, 6.45) is 5.94. The molecule has 39 heavy (non-hydrogen) atoms. The first-order valence-corrected chi connectivity index (χ1v) is 13.2. The highest BCUT2D eigenvalue weighted by molar-refractivity contribution is 5.99. The Morgan fingerprint density at radius 2 is 1.82 bits per heavy atom. The molecule has 2 aliphatic rings. The number of hydrogen-bond acceptors (Lipinski definition) is 8. The maximum Gasteiger partial charge on any atom is 0.224 e. The molecule has 0 spiro atoms. The molecule has 1 aromatic heterocycles. The predicted molar refractivity (Wildman–Crippen MR) is 150 cm³/mol. The minimum absolute atomic E-state index is 0.0343. The first-order valence-electron chi connectivity index (χ1n) is 13.2. The molecule has 1 aliphatic carbocycles. The van der Waals surface area contributed by atoms with Gasteiger partial charge in [-0.25, -0.2) is 23.1 Å². The number of carbonyl (C=O) groups excluding carboxylic acids is 1. The van der Waals surface area contributed by atoms with Gasteiger partial charge in [0.25, 0.3) is 0 Å². The molecule has 220 valence electrons. The quantitative estimate of drug-likeness (QED) is 0.378. The standard InChI is InChI=1S/C22H34FN7O.C4H6F2.CH4O/c1-6-24-20(31)16-7-9-18(10-8-16)30-19-17(11-25-21(29-19)27-13(2)3)12-26-22(30)28-15(5)14(4)23;1-4(6)2-3-5;1-2/h11,13,16,18H,6-10,12H2,1-5H3,(H,24,31)(H,26,28)(H,25,27,29);2H,3H2,1H3;2H,1H3/b15-14-;4-2+;.